The molecule has 0 atom stereocenters. The fourth-order valence-corrected chi connectivity index (χ4v) is 3.02. The van der Waals surface area contributed by atoms with Crippen molar-refractivity contribution >= 4 is 11.4 Å². The Morgan fingerprint density at radius 1 is 0.800 bits per heavy atom. The summed E-state index contributed by atoms with van der Waals surface area (Å²) in [6.07, 6.45) is 5.11. The molecule has 5 heteroatoms. The summed E-state index contributed by atoms with van der Waals surface area (Å²) in [6, 6.07) is 12.9. The number of ether oxygens (including phenoxy) is 2. The van der Waals surface area contributed by atoms with Gasteiger partial charge in [-0.15, -0.1) is 0 Å². The van der Waals surface area contributed by atoms with Crippen LogP contribution < -0.4 is 20.9 Å². The molecule has 0 saturated carbocycles. The molecule has 2 aromatic carbocycles. The molecule has 1 saturated heterocycles. The maximum Gasteiger partial charge on any atom is 0.129 e. The molecule has 2 aromatic rings. The van der Waals surface area contributed by atoms with E-state index in [2.05, 4.69) is 4.90 Å². The number of benzene rings is 2. The molecule has 4 N–H and O–H groups in total. The van der Waals surface area contributed by atoms with Crippen LogP contribution >= 0.6 is 0 Å². The highest BCUT2D eigenvalue weighted by molar-refractivity contribution is 5.65. The monoisotopic (exact) mass is 341 g/mol. The van der Waals surface area contributed by atoms with E-state index in [-0.39, 0.29) is 0 Å². The molecule has 0 radical (unpaired) electrons. The maximum absolute atomic E-state index is 5.82. The van der Waals surface area contributed by atoms with Gasteiger partial charge in [-0.25, -0.2) is 0 Å². The first-order chi connectivity index (χ1) is 12.2. The largest absolute Gasteiger partial charge is 0.494 e. The summed E-state index contributed by atoms with van der Waals surface area (Å²) in [4.78, 5) is 2.53. The van der Waals surface area contributed by atoms with Crippen LogP contribution in [0.2, 0.25) is 0 Å². The second-order valence-electron chi connectivity index (χ2n) is 6.47. The van der Waals surface area contributed by atoms with Gasteiger partial charge in [0.1, 0.15) is 17.2 Å². The van der Waals surface area contributed by atoms with E-state index in [1.54, 1.807) is 18.2 Å². The van der Waals surface area contributed by atoms with Gasteiger partial charge in [0.05, 0.1) is 18.0 Å². The van der Waals surface area contributed by atoms with Crippen molar-refractivity contribution in [2.75, 3.05) is 37.7 Å². The smallest absolute Gasteiger partial charge is 0.129 e. The summed E-state index contributed by atoms with van der Waals surface area (Å²) in [5.41, 5.74) is 12.6. The predicted octanol–water partition coefficient (Wildman–Crippen LogP) is 3.90. The fraction of sp³-hybridized carbons (Fsp3) is 0.400. The van der Waals surface area contributed by atoms with Crippen molar-refractivity contribution in [3.63, 3.8) is 0 Å². The third kappa shape index (κ3) is 5.29. The topological polar surface area (TPSA) is 73.7 Å². The van der Waals surface area contributed by atoms with E-state index in [0.29, 0.717) is 17.1 Å². The van der Waals surface area contributed by atoms with Crippen molar-refractivity contribution < 1.29 is 9.47 Å². The zero-order chi connectivity index (χ0) is 17.5. The number of hydrogen-bond donors (Lipinski definition) is 2. The molecule has 0 aromatic heterocycles. The lowest BCUT2D eigenvalue weighted by molar-refractivity contribution is 0.205. The van der Waals surface area contributed by atoms with Crippen LogP contribution in [0.5, 0.6) is 17.2 Å². The molecule has 0 spiro atoms. The Kier molecular flexibility index (Phi) is 6.01. The Labute approximate surface area is 149 Å². The van der Waals surface area contributed by atoms with Gasteiger partial charge in [0.15, 0.2) is 0 Å². The first-order valence-electron chi connectivity index (χ1n) is 8.99. The van der Waals surface area contributed by atoms with Crippen molar-refractivity contribution in [3.05, 3.63) is 42.5 Å². The number of rotatable bonds is 7. The molecule has 1 fully saturated rings. The second kappa shape index (κ2) is 8.62. The zero-order valence-corrected chi connectivity index (χ0v) is 14.6. The van der Waals surface area contributed by atoms with Gasteiger partial charge in [0.25, 0.3) is 0 Å². The van der Waals surface area contributed by atoms with E-state index in [1.165, 1.54) is 32.4 Å². The molecular formula is C20H27N3O2. The minimum Gasteiger partial charge on any atom is -0.494 e. The van der Waals surface area contributed by atoms with Crippen molar-refractivity contribution in [3.8, 4) is 17.2 Å². The normalized spacial score (nSPS) is 15.0. The van der Waals surface area contributed by atoms with Crippen LogP contribution in [-0.2, 0) is 0 Å². The van der Waals surface area contributed by atoms with Crippen molar-refractivity contribution in [1.82, 2.24) is 4.90 Å². The molecule has 3 rings (SSSR count). The van der Waals surface area contributed by atoms with Crippen molar-refractivity contribution in [2.45, 2.75) is 25.7 Å². The molecule has 0 unspecified atom stereocenters. The Morgan fingerprint density at radius 2 is 1.48 bits per heavy atom. The number of anilines is 2. The lowest BCUT2D eigenvalue weighted by Crippen LogP contribution is -2.31. The number of likely N-dealkylation sites (tertiary alicyclic amines) is 1. The molecule has 0 aliphatic carbocycles. The number of hydrogen-bond acceptors (Lipinski definition) is 5. The summed E-state index contributed by atoms with van der Waals surface area (Å²) in [7, 11) is 0. The minimum atomic E-state index is 0.520. The van der Waals surface area contributed by atoms with Crippen LogP contribution in [0.4, 0.5) is 11.4 Å². The highest BCUT2D eigenvalue weighted by Crippen LogP contribution is 2.27. The van der Waals surface area contributed by atoms with Crippen LogP contribution in [0.15, 0.2) is 42.5 Å². The summed E-state index contributed by atoms with van der Waals surface area (Å²) >= 11 is 0. The van der Waals surface area contributed by atoms with Crippen LogP contribution in [0.25, 0.3) is 0 Å². The molecule has 1 aliphatic rings. The third-order valence-electron chi connectivity index (χ3n) is 4.45. The summed E-state index contributed by atoms with van der Waals surface area (Å²) in [5, 5.41) is 0. The summed E-state index contributed by atoms with van der Waals surface area (Å²) in [5.74, 6) is 2.27. The SMILES string of the molecule is Nc1ccc(Oc2ccc(OCCCN3CCCCC3)cc2)cc1N. The number of piperidine rings is 1. The quantitative estimate of drug-likeness (QED) is 0.590. The molecule has 5 nitrogen and oxygen atoms in total. The lowest BCUT2D eigenvalue weighted by Gasteiger charge is -2.26. The Hall–Kier alpha value is -2.40. The van der Waals surface area contributed by atoms with E-state index in [0.717, 1.165) is 31.1 Å². The Bertz CT molecular complexity index is 667. The molecule has 0 bridgehead atoms. The summed E-state index contributed by atoms with van der Waals surface area (Å²) < 4.78 is 11.6. The van der Waals surface area contributed by atoms with Gasteiger partial charge in [-0.3, -0.25) is 0 Å². The first-order valence-corrected chi connectivity index (χ1v) is 8.99. The van der Waals surface area contributed by atoms with Crippen LogP contribution in [0.3, 0.4) is 0 Å². The highest BCUT2D eigenvalue weighted by Gasteiger charge is 2.09. The number of nitrogens with two attached hydrogens (primary N) is 2. The van der Waals surface area contributed by atoms with Crippen LogP contribution in [-0.4, -0.2) is 31.1 Å². The predicted molar refractivity (Wildman–Crippen MR) is 102 cm³/mol. The van der Waals surface area contributed by atoms with Gasteiger partial charge in [0, 0.05) is 12.6 Å². The van der Waals surface area contributed by atoms with E-state index < -0.39 is 0 Å². The molecule has 0 amide bonds. The van der Waals surface area contributed by atoms with Gasteiger partial charge in [-0.05, 0) is 68.8 Å². The van der Waals surface area contributed by atoms with Gasteiger partial charge < -0.3 is 25.8 Å². The average Bonchev–Trinajstić information content (AvgIpc) is 2.64. The van der Waals surface area contributed by atoms with Gasteiger partial charge in [-0.1, -0.05) is 6.42 Å². The average molecular weight is 341 g/mol. The highest BCUT2D eigenvalue weighted by atomic mass is 16.5. The van der Waals surface area contributed by atoms with E-state index in [1.807, 2.05) is 24.3 Å². The first kappa shape index (κ1) is 17.4. The molecule has 25 heavy (non-hydrogen) atoms. The standard InChI is InChI=1S/C20H27N3O2/c21-19-10-9-18(15-20(19)22)25-17-7-5-16(6-8-17)24-14-4-13-23-11-2-1-3-12-23/h5-10,15H,1-4,11-14,21-22H2. The van der Waals surface area contributed by atoms with E-state index in [9.17, 15) is 0 Å². The van der Waals surface area contributed by atoms with Gasteiger partial charge >= 0.3 is 0 Å². The number of nitrogen functional groups attached to an aromatic ring is 2. The van der Waals surface area contributed by atoms with Crippen molar-refractivity contribution in [2.24, 2.45) is 0 Å². The Balaban J connectivity index is 1.42. The minimum absolute atomic E-state index is 0.520. The second-order valence-corrected chi connectivity index (χ2v) is 6.47. The Morgan fingerprint density at radius 3 is 2.20 bits per heavy atom. The zero-order valence-electron chi connectivity index (χ0n) is 14.6. The van der Waals surface area contributed by atoms with Gasteiger partial charge in [0.2, 0.25) is 0 Å². The molecule has 134 valence electrons. The third-order valence-corrected chi connectivity index (χ3v) is 4.45. The summed E-state index contributed by atoms with van der Waals surface area (Å²) in [6.45, 7) is 4.34. The van der Waals surface area contributed by atoms with E-state index in [4.69, 9.17) is 20.9 Å². The molecule has 1 heterocycles. The van der Waals surface area contributed by atoms with Crippen LogP contribution in [0, 0.1) is 0 Å². The fourth-order valence-electron chi connectivity index (χ4n) is 3.02. The maximum atomic E-state index is 5.82. The molecular weight excluding hydrogens is 314 g/mol. The van der Waals surface area contributed by atoms with Crippen LogP contribution in [0.1, 0.15) is 25.7 Å². The lowest BCUT2D eigenvalue weighted by atomic mass is 10.1. The van der Waals surface area contributed by atoms with Gasteiger partial charge in [-0.2, -0.15) is 0 Å². The van der Waals surface area contributed by atoms with E-state index >= 15 is 0 Å². The van der Waals surface area contributed by atoms with Crippen molar-refractivity contribution in [1.29, 1.82) is 0 Å². The number of nitrogens with zero attached hydrogens (tertiary/aromatic N) is 1. The molecule has 1 aliphatic heterocycles.